The van der Waals surface area contributed by atoms with Gasteiger partial charge in [0.25, 0.3) is 5.91 Å². The Balaban J connectivity index is 2.02. The zero-order chi connectivity index (χ0) is 18.9. The minimum atomic E-state index is -0.277. The Morgan fingerprint density at radius 1 is 1.04 bits per heavy atom. The first-order valence-electron chi connectivity index (χ1n) is 9.00. The lowest BCUT2D eigenvalue weighted by Crippen LogP contribution is -2.34. The number of carbonyl (C=O) groups is 2. The van der Waals surface area contributed by atoms with Gasteiger partial charge in [-0.15, -0.1) is 0 Å². The highest BCUT2D eigenvalue weighted by Gasteiger charge is 2.15. The van der Waals surface area contributed by atoms with E-state index in [0.717, 1.165) is 6.42 Å². The fraction of sp³-hybridized carbons (Fsp3) is 0.333. The van der Waals surface area contributed by atoms with Gasteiger partial charge in [-0.3, -0.25) is 4.79 Å². The Morgan fingerprint density at radius 3 is 2.42 bits per heavy atom. The summed E-state index contributed by atoms with van der Waals surface area (Å²) in [5.74, 6) is -0.0312. The molecule has 2 rings (SSSR count). The van der Waals surface area contributed by atoms with Crippen LogP contribution in [0, 0.1) is 0 Å². The second-order valence-electron chi connectivity index (χ2n) is 6.45. The van der Waals surface area contributed by atoms with Crippen molar-refractivity contribution in [3.05, 3.63) is 65.7 Å². The number of anilines is 1. The average Bonchev–Trinajstić information content (AvgIpc) is 2.62. The second-order valence-corrected chi connectivity index (χ2v) is 6.45. The van der Waals surface area contributed by atoms with Gasteiger partial charge in [-0.1, -0.05) is 36.4 Å². The smallest absolute Gasteiger partial charge is 0.319 e. The van der Waals surface area contributed by atoms with Gasteiger partial charge in [0.1, 0.15) is 0 Å². The van der Waals surface area contributed by atoms with Crippen molar-refractivity contribution in [3.8, 4) is 0 Å². The molecule has 5 heteroatoms. The van der Waals surface area contributed by atoms with Gasteiger partial charge in [-0.25, -0.2) is 4.79 Å². The number of benzene rings is 2. The van der Waals surface area contributed by atoms with Gasteiger partial charge in [-0.2, -0.15) is 0 Å². The Morgan fingerprint density at radius 2 is 1.77 bits per heavy atom. The molecular weight excluding hydrogens is 326 g/mol. The summed E-state index contributed by atoms with van der Waals surface area (Å²) in [7, 11) is 0. The van der Waals surface area contributed by atoms with Crippen LogP contribution in [0.4, 0.5) is 10.5 Å². The van der Waals surface area contributed by atoms with Gasteiger partial charge in [0.15, 0.2) is 0 Å². The van der Waals surface area contributed by atoms with Crippen molar-refractivity contribution in [2.24, 2.45) is 0 Å². The highest BCUT2D eigenvalue weighted by Crippen LogP contribution is 2.13. The fourth-order valence-electron chi connectivity index (χ4n) is 2.65. The number of nitrogens with zero attached hydrogens (tertiary/aromatic N) is 1. The standard InChI is InChI=1S/C21H27N3O2/c1-4-24(14-13-17-9-6-5-7-10-17)20(25)18-11-8-12-19(15-18)23-21(26)22-16(2)3/h5-12,15-16H,4,13-14H2,1-3H3,(H2,22,23,26). The summed E-state index contributed by atoms with van der Waals surface area (Å²) in [6.07, 6.45) is 0.815. The monoisotopic (exact) mass is 353 g/mol. The summed E-state index contributed by atoms with van der Waals surface area (Å²) in [4.78, 5) is 26.5. The molecule has 3 amide bonds. The molecule has 0 saturated carbocycles. The lowest BCUT2D eigenvalue weighted by Gasteiger charge is -2.21. The maximum atomic E-state index is 12.8. The molecule has 0 bridgehead atoms. The van der Waals surface area contributed by atoms with Crippen LogP contribution in [0.2, 0.25) is 0 Å². The zero-order valence-corrected chi connectivity index (χ0v) is 15.7. The van der Waals surface area contributed by atoms with E-state index >= 15 is 0 Å². The summed E-state index contributed by atoms with van der Waals surface area (Å²) in [6.45, 7) is 7.06. The largest absolute Gasteiger partial charge is 0.339 e. The van der Waals surface area contributed by atoms with E-state index in [4.69, 9.17) is 0 Å². The van der Waals surface area contributed by atoms with Crippen LogP contribution < -0.4 is 10.6 Å². The van der Waals surface area contributed by atoms with Crippen molar-refractivity contribution < 1.29 is 9.59 Å². The molecule has 0 spiro atoms. The zero-order valence-electron chi connectivity index (χ0n) is 15.7. The summed E-state index contributed by atoms with van der Waals surface area (Å²) in [5.41, 5.74) is 2.38. The minimum Gasteiger partial charge on any atom is -0.339 e. The van der Waals surface area contributed by atoms with Gasteiger partial charge < -0.3 is 15.5 Å². The third-order valence-corrected chi connectivity index (χ3v) is 3.97. The first-order chi connectivity index (χ1) is 12.5. The molecule has 0 fully saturated rings. The van der Waals surface area contributed by atoms with E-state index in [9.17, 15) is 9.59 Å². The SMILES string of the molecule is CCN(CCc1ccccc1)C(=O)c1cccc(NC(=O)NC(C)C)c1. The van der Waals surface area contributed by atoms with Crippen LogP contribution in [0.5, 0.6) is 0 Å². The molecule has 0 aromatic heterocycles. The molecule has 0 heterocycles. The lowest BCUT2D eigenvalue weighted by atomic mass is 10.1. The molecule has 0 atom stereocenters. The normalized spacial score (nSPS) is 10.5. The Kier molecular flexibility index (Phi) is 7.21. The van der Waals surface area contributed by atoms with E-state index < -0.39 is 0 Å². The average molecular weight is 353 g/mol. The number of nitrogens with one attached hydrogen (secondary N) is 2. The number of hydrogen-bond donors (Lipinski definition) is 2. The highest BCUT2D eigenvalue weighted by molar-refractivity contribution is 5.97. The van der Waals surface area contributed by atoms with Crippen molar-refractivity contribution >= 4 is 17.6 Å². The van der Waals surface area contributed by atoms with Gasteiger partial charge in [0, 0.05) is 30.4 Å². The first kappa shape index (κ1) is 19.5. The number of hydrogen-bond acceptors (Lipinski definition) is 2. The molecule has 26 heavy (non-hydrogen) atoms. The molecule has 0 aliphatic carbocycles. The lowest BCUT2D eigenvalue weighted by molar-refractivity contribution is 0.0766. The van der Waals surface area contributed by atoms with Crippen LogP contribution in [0.3, 0.4) is 0 Å². The van der Waals surface area contributed by atoms with Crippen LogP contribution in [-0.4, -0.2) is 36.0 Å². The van der Waals surface area contributed by atoms with Gasteiger partial charge in [-0.05, 0) is 51.0 Å². The molecule has 5 nitrogen and oxygen atoms in total. The predicted octanol–water partition coefficient (Wildman–Crippen LogP) is 3.92. The maximum Gasteiger partial charge on any atom is 0.319 e. The molecule has 0 radical (unpaired) electrons. The third-order valence-electron chi connectivity index (χ3n) is 3.97. The molecule has 138 valence electrons. The topological polar surface area (TPSA) is 61.4 Å². The maximum absolute atomic E-state index is 12.8. The van der Waals surface area contributed by atoms with Crippen molar-refractivity contribution in [1.82, 2.24) is 10.2 Å². The molecular formula is C21H27N3O2. The third kappa shape index (κ3) is 5.92. The van der Waals surface area contributed by atoms with Crippen LogP contribution in [0.1, 0.15) is 36.7 Å². The van der Waals surface area contributed by atoms with Crippen molar-refractivity contribution in [3.63, 3.8) is 0 Å². The van der Waals surface area contributed by atoms with Crippen molar-refractivity contribution in [2.45, 2.75) is 33.2 Å². The molecule has 0 aliphatic heterocycles. The Labute approximate surface area is 155 Å². The molecule has 0 aliphatic rings. The number of likely N-dealkylation sites (N-methyl/N-ethyl adjacent to an activating group) is 1. The molecule has 2 aromatic carbocycles. The molecule has 0 unspecified atom stereocenters. The van der Waals surface area contributed by atoms with Crippen LogP contribution in [-0.2, 0) is 6.42 Å². The van der Waals surface area contributed by atoms with Crippen molar-refractivity contribution in [2.75, 3.05) is 18.4 Å². The summed E-state index contributed by atoms with van der Waals surface area (Å²) in [6, 6.07) is 16.9. The molecule has 0 saturated heterocycles. The van der Waals surface area contributed by atoms with Gasteiger partial charge in [0.2, 0.25) is 0 Å². The first-order valence-corrected chi connectivity index (χ1v) is 9.00. The molecule has 2 aromatic rings. The van der Waals surface area contributed by atoms with E-state index in [1.807, 2.05) is 43.9 Å². The quantitative estimate of drug-likeness (QED) is 0.792. The summed E-state index contributed by atoms with van der Waals surface area (Å²) >= 11 is 0. The van der Waals surface area contributed by atoms with Crippen LogP contribution in [0.15, 0.2) is 54.6 Å². The predicted molar refractivity (Wildman–Crippen MR) is 105 cm³/mol. The number of carbonyl (C=O) groups excluding carboxylic acids is 2. The van der Waals surface area contributed by atoms with E-state index in [1.165, 1.54) is 5.56 Å². The summed E-state index contributed by atoms with van der Waals surface area (Å²) < 4.78 is 0. The van der Waals surface area contributed by atoms with Crippen LogP contribution in [0.25, 0.3) is 0 Å². The van der Waals surface area contributed by atoms with Gasteiger partial charge in [0.05, 0.1) is 0 Å². The fourth-order valence-corrected chi connectivity index (χ4v) is 2.65. The number of rotatable bonds is 7. The number of amides is 3. The van der Waals surface area contributed by atoms with E-state index in [-0.39, 0.29) is 18.0 Å². The minimum absolute atomic E-state index is 0.0312. The molecule has 2 N–H and O–H groups in total. The van der Waals surface area contributed by atoms with E-state index in [1.54, 1.807) is 24.3 Å². The second kappa shape index (κ2) is 9.61. The summed E-state index contributed by atoms with van der Waals surface area (Å²) in [5, 5.41) is 5.53. The van der Waals surface area contributed by atoms with E-state index in [0.29, 0.717) is 24.3 Å². The highest BCUT2D eigenvalue weighted by atomic mass is 16.2. The van der Waals surface area contributed by atoms with Crippen molar-refractivity contribution in [1.29, 1.82) is 0 Å². The van der Waals surface area contributed by atoms with Gasteiger partial charge >= 0.3 is 6.03 Å². The number of urea groups is 1. The van der Waals surface area contributed by atoms with Crippen LogP contribution >= 0.6 is 0 Å². The van der Waals surface area contributed by atoms with E-state index in [2.05, 4.69) is 22.8 Å². The Hall–Kier alpha value is -2.82. The Bertz CT molecular complexity index is 729.